The quantitative estimate of drug-likeness (QED) is 0.654. The average Bonchev–Trinajstić information content (AvgIpc) is 3.06. The van der Waals surface area contributed by atoms with Crippen LogP contribution in [-0.4, -0.2) is 30.5 Å². The van der Waals surface area contributed by atoms with Gasteiger partial charge in [-0.1, -0.05) is 0 Å². The fraction of sp³-hybridized carbons (Fsp3) is 0. The molecule has 0 fully saturated rings. The van der Waals surface area contributed by atoms with Crippen LogP contribution in [0.3, 0.4) is 0 Å². The molecule has 0 saturated heterocycles. The third kappa shape index (κ3) is 1.75. The molecule has 2 aromatic heterocycles. The van der Waals surface area contributed by atoms with Gasteiger partial charge >= 0.3 is 6.97 Å². The van der Waals surface area contributed by atoms with Crippen molar-refractivity contribution in [3.63, 3.8) is 0 Å². The van der Waals surface area contributed by atoms with Gasteiger partial charge < -0.3 is 17.6 Å². The number of fused-ring (bicyclic) bond motifs is 2. The van der Waals surface area contributed by atoms with Gasteiger partial charge in [0.1, 0.15) is 6.33 Å². The molecule has 2 aromatic rings. The number of aromatic nitrogens is 3. The third-order valence-electron chi connectivity index (χ3n) is 3.72. The molecule has 0 aliphatic carbocycles. The van der Waals surface area contributed by atoms with E-state index in [0.717, 1.165) is 8.96 Å². The van der Waals surface area contributed by atoms with E-state index in [1.165, 1.54) is 6.33 Å². The summed E-state index contributed by atoms with van der Waals surface area (Å²) in [6.45, 7) is -3.99. The third-order valence-corrected chi connectivity index (χ3v) is 5.01. The van der Waals surface area contributed by atoms with Gasteiger partial charge in [0.25, 0.3) is 0 Å². The molecule has 9 heteroatoms. The molecule has 0 unspecified atom stereocenters. The Balaban J connectivity index is 2.13. The lowest BCUT2D eigenvalue weighted by atomic mass is 9.87. The minimum absolute atomic E-state index is 0.327. The summed E-state index contributed by atoms with van der Waals surface area (Å²) in [5.41, 5.74) is 2.23. The number of halogens is 4. The zero-order valence-electron chi connectivity index (χ0n) is 10.9. The Hall–Kier alpha value is -1.61. The normalized spacial score (nSPS) is 18.7. The predicted octanol–water partition coefficient (Wildman–Crippen LogP) is 3.41. The Morgan fingerprint density at radius 3 is 2.55 bits per heavy atom. The van der Waals surface area contributed by atoms with Crippen molar-refractivity contribution in [3.8, 4) is 0 Å². The van der Waals surface area contributed by atoms with Gasteiger partial charge in [-0.25, -0.2) is 9.97 Å². The molecule has 4 nitrogen and oxygen atoms in total. The van der Waals surface area contributed by atoms with Crippen molar-refractivity contribution in [3.05, 3.63) is 64.6 Å². The van der Waals surface area contributed by atoms with E-state index in [-0.39, 0.29) is 0 Å². The zero-order valence-corrected chi connectivity index (χ0v) is 14.1. The van der Waals surface area contributed by atoms with Gasteiger partial charge in [-0.3, -0.25) is 0 Å². The highest BCUT2D eigenvalue weighted by Crippen LogP contribution is 2.41. The average molecular weight is 428 g/mol. The molecule has 4 rings (SSSR count). The van der Waals surface area contributed by atoms with Crippen molar-refractivity contribution in [2.75, 3.05) is 0 Å². The highest BCUT2D eigenvalue weighted by Gasteiger charge is 2.54. The fourth-order valence-electron chi connectivity index (χ4n) is 2.86. The zero-order chi connectivity index (χ0) is 15.5. The molecule has 110 valence electrons. The molecule has 0 spiro atoms. The van der Waals surface area contributed by atoms with Crippen LogP contribution in [-0.2, 0) is 0 Å². The van der Waals surface area contributed by atoms with Crippen molar-refractivity contribution < 1.29 is 13.1 Å². The van der Waals surface area contributed by atoms with Crippen LogP contribution in [0.5, 0.6) is 0 Å². The fourth-order valence-corrected chi connectivity index (χ4v) is 4.00. The van der Waals surface area contributed by atoms with E-state index < -0.39 is 6.97 Å². The molecular weight excluding hydrogens is 421 g/mol. The number of hydrogen-bond donors (Lipinski definition) is 0. The van der Waals surface area contributed by atoms with E-state index in [0.29, 0.717) is 31.8 Å². The van der Waals surface area contributed by atoms with Crippen LogP contribution < -0.4 is 0 Å². The summed E-state index contributed by atoms with van der Waals surface area (Å²) < 4.78 is 32.6. The van der Waals surface area contributed by atoms with Gasteiger partial charge in [-0.2, -0.15) is 0 Å². The summed E-state index contributed by atoms with van der Waals surface area (Å²) in [7, 11) is 0. The second-order valence-electron chi connectivity index (χ2n) is 4.91. The van der Waals surface area contributed by atoms with Gasteiger partial charge in [0.2, 0.25) is 4.62 Å². The Labute approximate surface area is 141 Å². The summed E-state index contributed by atoms with van der Waals surface area (Å²) in [6.07, 6.45) is 7.95. The SMILES string of the molecule is F[B-]1(F)n2c(Br)ccc2C(c2cncnc2)=C2C=CC(Br)=[N+]21. The van der Waals surface area contributed by atoms with Crippen molar-refractivity contribution in [1.82, 2.24) is 14.4 Å². The lowest BCUT2D eigenvalue weighted by molar-refractivity contribution is -0.358. The Kier molecular flexibility index (Phi) is 2.99. The number of hydrogen-bond acceptors (Lipinski definition) is 2. The topological polar surface area (TPSA) is 33.7 Å². The van der Waals surface area contributed by atoms with Gasteiger partial charge in [-0.05, 0) is 28.1 Å². The molecule has 22 heavy (non-hydrogen) atoms. The first-order valence-corrected chi connectivity index (χ1v) is 7.99. The van der Waals surface area contributed by atoms with Gasteiger partial charge in [-0.15, -0.1) is 0 Å². The minimum Gasteiger partial charge on any atom is -0.389 e. The summed E-state index contributed by atoms with van der Waals surface area (Å²) in [5, 5.41) is 0. The Morgan fingerprint density at radius 1 is 1.09 bits per heavy atom. The van der Waals surface area contributed by atoms with E-state index in [1.807, 2.05) is 0 Å². The van der Waals surface area contributed by atoms with Crippen LogP contribution in [0.2, 0.25) is 0 Å². The molecule has 0 radical (unpaired) electrons. The van der Waals surface area contributed by atoms with E-state index >= 15 is 0 Å². The highest BCUT2D eigenvalue weighted by atomic mass is 79.9. The monoisotopic (exact) mass is 426 g/mol. The van der Waals surface area contributed by atoms with Crippen LogP contribution in [0.25, 0.3) is 5.57 Å². The largest absolute Gasteiger partial charge is 0.738 e. The van der Waals surface area contributed by atoms with Crippen LogP contribution in [0.4, 0.5) is 8.63 Å². The van der Waals surface area contributed by atoms with E-state index in [2.05, 4.69) is 41.8 Å². The van der Waals surface area contributed by atoms with Crippen molar-refractivity contribution in [1.29, 1.82) is 0 Å². The molecule has 0 N–H and O–H groups in total. The van der Waals surface area contributed by atoms with Gasteiger partial charge in [0.05, 0.1) is 10.2 Å². The lowest BCUT2D eigenvalue weighted by Gasteiger charge is -2.31. The van der Waals surface area contributed by atoms with Crippen LogP contribution in [0.15, 0.2) is 53.3 Å². The Bertz CT molecular complexity index is 887. The maximum atomic E-state index is 15.0. The van der Waals surface area contributed by atoms with Gasteiger partial charge in [0.15, 0.2) is 5.70 Å². The van der Waals surface area contributed by atoms with Crippen LogP contribution in [0, 0.1) is 0 Å². The van der Waals surface area contributed by atoms with Gasteiger partial charge in [0, 0.05) is 51.7 Å². The lowest BCUT2D eigenvalue weighted by Crippen LogP contribution is -2.50. The summed E-state index contributed by atoms with van der Waals surface area (Å²) in [5.74, 6) is 0. The van der Waals surface area contributed by atoms with Crippen molar-refractivity contribution >= 4 is 49.0 Å². The molecule has 2 aliphatic rings. The Morgan fingerprint density at radius 2 is 1.82 bits per heavy atom. The molecule has 0 aromatic carbocycles. The molecule has 0 amide bonds. The maximum absolute atomic E-state index is 15.0. The molecular formula is C13H7BBr2F2N4. The van der Waals surface area contributed by atoms with Crippen LogP contribution >= 0.6 is 31.9 Å². The second-order valence-corrected chi connectivity index (χ2v) is 6.54. The first-order chi connectivity index (χ1) is 10.5. The van der Waals surface area contributed by atoms with Crippen molar-refractivity contribution in [2.45, 2.75) is 0 Å². The summed E-state index contributed by atoms with van der Waals surface area (Å²) in [6, 6.07) is 3.29. The molecule has 0 atom stereocenters. The molecule has 0 saturated carbocycles. The second kappa shape index (κ2) is 4.69. The summed E-state index contributed by atoms with van der Waals surface area (Å²) >= 11 is 6.44. The van der Waals surface area contributed by atoms with E-state index in [1.54, 1.807) is 36.7 Å². The molecule has 4 heterocycles. The highest BCUT2D eigenvalue weighted by molar-refractivity contribution is 9.18. The van der Waals surface area contributed by atoms with E-state index in [4.69, 9.17) is 0 Å². The number of allylic oxidation sites excluding steroid dienone is 2. The standard InChI is InChI=1S/C13H7BBr2F2N4/c15-11-3-1-9-13(8-5-19-7-20-6-8)10-2-4-12(16)22(10)14(17,18)21(9)11/h1-7H. The number of rotatable bonds is 1. The van der Waals surface area contributed by atoms with E-state index in [9.17, 15) is 8.63 Å². The minimum atomic E-state index is -3.99. The first kappa shape index (κ1) is 14.0. The maximum Gasteiger partial charge on any atom is 0.738 e. The van der Waals surface area contributed by atoms with Crippen LogP contribution in [0.1, 0.15) is 11.3 Å². The smallest absolute Gasteiger partial charge is 0.389 e. The van der Waals surface area contributed by atoms with Crippen molar-refractivity contribution in [2.24, 2.45) is 0 Å². The first-order valence-electron chi connectivity index (χ1n) is 6.41. The number of nitrogens with zero attached hydrogens (tertiary/aromatic N) is 4. The summed E-state index contributed by atoms with van der Waals surface area (Å²) in [4.78, 5) is 8.00. The molecule has 0 bridgehead atoms. The molecule has 2 aliphatic heterocycles. The predicted molar refractivity (Wildman–Crippen MR) is 86.9 cm³/mol.